The molecule has 0 aromatic carbocycles. The van der Waals surface area contributed by atoms with Crippen LogP contribution < -0.4 is 5.73 Å². The largest absolute Gasteiger partial charge is 0.329 e. The fourth-order valence-corrected chi connectivity index (χ4v) is 3.98. The number of nitrogens with two attached hydrogens (primary N) is 1. The lowest BCUT2D eigenvalue weighted by atomic mass is 9.89. The number of hydrogen-bond donors (Lipinski definition) is 1. The Morgan fingerprint density at radius 3 is 2.44 bits per heavy atom. The van der Waals surface area contributed by atoms with Gasteiger partial charge in [-0.1, -0.05) is 20.3 Å². The van der Waals surface area contributed by atoms with Crippen molar-refractivity contribution in [1.82, 2.24) is 9.80 Å². The van der Waals surface area contributed by atoms with E-state index in [0.717, 1.165) is 12.6 Å². The molecule has 0 aromatic rings. The van der Waals surface area contributed by atoms with Gasteiger partial charge in [-0.3, -0.25) is 9.80 Å². The first-order chi connectivity index (χ1) is 8.75. The van der Waals surface area contributed by atoms with Gasteiger partial charge in [0.2, 0.25) is 0 Å². The predicted molar refractivity (Wildman–Crippen MR) is 77.8 cm³/mol. The van der Waals surface area contributed by atoms with Crippen molar-refractivity contribution in [3.8, 4) is 0 Å². The Bertz CT molecular complexity index is 244. The van der Waals surface area contributed by atoms with Gasteiger partial charge in [0.15, 0.2) is 0 Å². The van der Waals surface area contributed by atoms with Gasteiger partial charge in [0.1, 0.15) is 0 Å². The number of likely N-dealkylation sites (tertiary alicyclic amines) is 2. The first kappa shape index (κ1) is 14.3. The Morgan fingerprint density at radius 1 is 1.17 bits per heavy atom. The second-order valence-electron chi connectivity index (χ2n) is 6.16. The molecule has 0 saturated carbocycles. The minimum atomic E-state index is 0.281. The highest BCUT2D eigenvalue weighted by Gasteiger charge is 2.39. The number of hydrogen-bond acceptors (Lipinski definition) is 3. The third kappa shape index (κ3) is 2.73. The van der Waals surface area contributed by atoms with Crippen molar-refractivity contribution in [1.29, 1.82) is 0 Å². The summed E-state index contributed by atoms with van der Waals surface area (Å²) in [4.78, 5) is 5.42. The van der Waals surface area contributed by atoms with Crippen LogP contribution >= 0.6 is 0 Å². The minimum Gasteiger partial charge on any atom is -0.329 e. The van der Waals surface area contributed by atoms with Crippen LogP contribution in [0.1, 0.15) is 52.4 Å². The highest BCUT2D eigenvalue weighted by Crippen LogP contribution is 2.31. The molecule has 0 aliphatic carbocycles. The molecule has 18 heavy (non-hydrogen) atoms. The van der Waals surface area contributed by atoms with Crippen molar-refractivity contribution in [2.75, 3.05) is 32.7 Å². The summed E-state index contributed by atoms with van der Waals surface area (Å²) < 4.78 is 0. The lowest BCUT2D eigenvalue weighted by molar-refractivity contribution is 0.0962. The molecule has 2 aliphatic rings. The van der Waals surface area contributed by atoms with Crippen LogP contribution in [0.15, 0.2) is 0 Å². The summed E-state index contributed by atoms with van der Waals surface area (Å²) in [5.41, 5.74) is 6.41. The van der Waals surface area contributed by atoms with Gasteiger partial charge in [-0.15, -0.1) is 0 Å². The Morgan fingerprint density at radius 2 is 1.89 bits per heavy atom. The standard InChI is InChI=1S/C15H31N3/c1-3-8-15(4-2,13-16)18-11-7-14(12-18)17-9-5-6-10-17/h14H,3-13,16H2,1-2H3. The molecule has 106 valence electrons. The highest BCUT2D eigenvalue weighted by molar-refractivity contribution is 4.97. The van der Waals surface area contributed by atoms with Crippen molar-refractivity contribution >= 4 is 0 Å². The molecule has 2 atom stereocenters. The van der Waals surface area contributed by atoms with Crippen LogP contribution in [0.2, 0.25) is 0 Å². The van der Waals surface area contributed by atoms with Crippen molar-refractivity contribution in [3.63, 3.8) is 0 Å². The topological polar surface area (TPSA) is 32.5 Å². The Labute approximate surface area is 113 Å². The molecule has 0 aromatic heterocycles. The second kappa shape index (κ2) is 6.36. The smallest absolute Gasteiger partial charge is 0.0329 e. The summed E-state index contributed by atoms with van der Waals surface area (Å²) in [7, 11) is 0. The van der Waals surface area contributed by atoms with Gasteiger partial charge in [-0.2, -0.15) is 0 Å². The highest BCUT2D eigenvalue weighted by atomic mass is 15.3. The van der Waals surface area contributed by atoms with Crippen LogP contribution in [0.5, 0.6) is 0 Å². The van der Waals surface area contributed by atoms with Crippen LogP contribution in [0.3, 0.4) is 0 Å². The van der Waals surface area contributed by atoms with Crippen molar-refractivity contribution in [2.24, 2.45) is 5.73 Å². The summed E-state index contributed by atoms with van der Waals surface area (Å²) in [6.45, 7) is 10.6. The van der Waals surface area contributed by atoms with E-state index < -0.39 is 0 Å². The Hall–Kier alpha value is -0.120. The SMILES string of the molecule is CCCC(CC)(CN)N1CCC(N2CCCC2)C1. The van der Waals surface area contributed by atoms with E-state index in [1.165, 1.54) is 64.7 Å². The number of rotatable bonds is 6. The molecule has 2 aliphatic heterocycles. The van der Waals surface area contributed by atoms with Crippen LogP contribution in [0.4, 0.5) is 0 Å². The van der Waals surface area contributed by atoms with Gasteiger partial charge in [0.05, 0.1) is 0 Å². The molecule has 0 amide bonds. The van der Waals surface area contributed by atoms with Gasteiger partial charge in [0, 0.05) is 31.2 Å². The van der Waals surface area contributed by atoms with E-state index in [4.69, 9.17) is 5.73 Å². The van der Waals surface area contributed by atoms with E-state index in [9.17, 15) is 0 Å². The first-order valence-corrected chi connectivity index (χ1v) is 7.95. The summed E-state index contributed by atoms with van der Waals surface area (Å²) >= 11 is 0. The molecule has 0 bridgehead atoms. The average Bonchev–Trinajstić information content (AvgIpc) is 3.05. The molecule has 3 heteroatoms. The van der Waals surface area contributed by atoms with E-state index in [1.54, 1.807) is 0 Å². The third-order valence-corrected chi connectivity index (χ3v) is 5.24. The summed E-state index contributed by atoms with van der Waals surface area (Å²) in [5.74, 6) is 0. The lowest BCUT2D eigenvalue weighted by Gasteiger charge is -2.41. The van der Waals surface area contributed by atoms with Gasteiger partial charge in [0.25, 0.3) is 0 Å². The molecule has 0 radical (unpaired) electrons. The fourth-order valence-electron chi connectivity index (χ4n) is 3.98. The van der Waals surface area contributed by atoms with E-state index in [0.29, 0.717) is 0 Å². The van der Waals surface area contributed by atoms with Crippen LogP contribution in [0, 0.1) is 0 Å². The van der Waals surface area contributed by atoms with E-state index in [2.05, 4.69) is 23.6 Å². The molecule has 0 spiro atoms. The summed E-state index contributed by atoms with van der Waals surface area (Å²) in [5, 5.41) is 0. The fraction of sp³-hybridized carbons (Fsp3) is 1.00. The second-order valence-corrected chi connectivity index (χ2v) is 6.16. The van der Waals surface area contributed by atoms with Crippen LogP contribution in [-0.2, 0) is 0 Å². The summed E-state index contributed by atoms with van der Waals surface area (Å²) in [6.07, 6.45) is 7.86. The summed E-state index contributed by atoms with van der Waals surface area (Å²) in [6, 6.07) is 0.807. The third-order valence-electron chi connectivity index (χ3n) is 5.24. The number of nitrogens with zero attached hydrogens (tertiary/aromatic N) is 2. The van der Waals surface area contributed by atoms with Crippen molar-refractivity contribution < 1.29 is 0 Å². The zero-order chi connectivity index (χ0) is 13.0. The van der Waals surface area contributed by atoms with E-state index in [-0.39, 0.29) is 5.54 Å². The van der Waals surface area contributed by atoms with Crippen LogP contribution in [-0.4, -0.2) is 54.1 Å². The molecule has 2 saturated heterocycles. The first-order valence-electron chi connectivity index (χ1n) is 7.95. The monoisotopic (exact) mass is 253 g/mol. The van der Waals surface area contributed by atoms with Crippen molar-refractivity contribution in [3.05, 3.63) is 0 Å². The molecular formula is C15H31N3. The average molecular weight is 253 g/mol. The molecule has 2 unspecified atom stereocenters. The Kier molecular flexibility index (Phi) is 5.05. The van der Waals surface area contributed by atoms with Gasteiger partial charge >= 0.3 is 0 Å². The van der Waals surface area contributed by atoms with Gasteiger partial charge < -0.3 is 5.73 Å². The normalized spacial score (nSPS) is 29.8. The maximum Gasteiger partial charge on any atom is 0.0329 e. The molecule has 2 heterocycles. The minimum absolute atomic E-state index is 0.281. The molecular weight excluding hydrogens is 222 g/mol. The van der Waals surface area contributed by atoms with Crippen molar-refractivity contribution in [2.45, 2.75) is 64.0 Å². The zero-order valence-corrected chi connectivity index (χ0v) is 12.3. The molecule has 3 nitrogen and oxygen atoms in total. The zero-order valence-electron chi connectivity index (χ0n) is 12.3. The van der Waals surface area contributed by atoms with E-state index in [1.807, 2.05) is 0 Å². The maximum absolute atomic E-state index is 6.13. The quantitative estimate of drug-likeness (QED) is 0.786. The lowest BCUT2D eigenvalue weighted by Crippen LogP contribution is -2.53. The maximum atomic E-state index is 6.13. The van der Waals surface area contributed by atoms with Gasteiger partial charge in [-0.05, 0) is 45.2 Å². The Balaban J connectivity index is 1.96. The molecule has 2 rings (SSSR count). The molecule has 2 N–H and O–H groups in total. The van der Waals surface area contributed by atoms with Crippen LogP contribution in [0.25, 0.3) is 0 Å². The van der Waals surface area contributed by atoms with Gasteiger partial charge in [-0.25, -0.2) is 0 Å². The predicted octanol–water partition coefficient (Wildman–Crippen LogP) is 2.06. The van der Waals surface area contributed by atoms with E-state index >= 15 is 0 Å². The molecule has 2 fully saturated rings.